The maximum absolute atomic E-state index is 13.8. The quantitative estimate of drug-likeness (QED) is 0.0189. The molecule has 0 saturated carbocycles. The van der Waals surface area contributed by atoms with E-state index in [2.05, 4.69) is 94.3 Å². The number of aromatic nitrogens is 4. The van der Waals surface area contributed by atoms with E-state index in [1.807, 2.05) is 41.1 Å². The van der Waals surface area contributed by atoms with Gasteiger partial charge in [-0.2, -0.15) is 8.42 Å². The van der Waals surface area contributed by atoms with Gasteiger partial charge in [-0.3, -0.25) is 33.7 Å². The summed E-state index contributed by atoms with van der Waals surface area (Å²) >= 11 is 19.5. The van der Waals surface area contributed by atoms with Gasteiger partial charge in [-0.25, -0.2) is 56.7 Å². The summed E-state index contributed by atoms with van der Waals surface area (Å²) in [5.74, 6) is -0.785. The van der Waals surface area contributed by atoms with Gasteiger partial charge in [0.05, 0.1) is 61.6 Å². The topological polar surface area (TPSA) is 413 Å². The zero-order valence-corrected chi connectivity index (χ0v) is 80.4. The van der Waals surface area contributed by atoms with Crippen molar-refractivity contribution in [2.45, 2.75) is 106 Å². The number of benzene rings is 4. The second-order valence-electron chi connectivity index (χ2n) is 29.6. The zero-order chi connectivity index (χ0) is 89.9. The van der Waals surface area contributed by atoms with E-state index in [-0.39, 0.29) is 112 Å². The van der Waals surface area contributed by atoms with Crippen LogP contribution in [0.3, 0.4) is 0 Å². The highest BCUT2D eigenvalue weighted by Crippen LogP contribution is 2.50. The van der Waals surface area contributed by atoms with Gasteiger partial charge >= 0.3 is 23.9 Å². The fourth-order valence-electron chi connectivity index (χ4n) is 15.7. The lowest BCUT2D eigenvalue weighted by atomic mass is 9.94. The van der Waals surface area contributed by atoms with E-state index < -0.39 is 64.0 Å². The number of thiazole rings is 4. The second-order valence-corrected chi connectivity index (χ2v) is 38.2. The number of carbonyl (C=O) groups is 6. The lowest BCUT2D eigenvalue weighted by molar-refractivity contribution is -0.140. The molecule has 30 nitrogen and oxygen atoms in total. The molecule has 4 fully saturated rings. The molecule has 4 saturated heterocycles. The predicted molar refractivity (Wildman–Crippen MR) is 505 cm³/mol. The van der Waals surface area contributed by atoms with Crippen molar-refractivity contribution in [2.24, 2.45) is 49.4 Å². The molecule has 8 aromatic rings. The Bertz CT molecular complexity index is 5660. The van der Waals surface area contributed by atoms with Crippen molar-refractivity contribution in [3.05, 3.63) is 248 Å². The molecule has 8 aliphatic heterocycles. The molecule has 0 bridgehead atoms. The van der Waals surface area contributed by atoms with E-state index in [4.69, 9.17) is 48.8 Å². The van der Waals surface area contributed by atoms with E-state index >= 15 is 0 Å². The lowest BCUT2D eigenvalue weighted by Gasteiger charge is -2.32. The Labute approximate surface area is 799 Å². The molecule has 4 aromatic carbocycles. The maximum Gasteiger partial charge on any atom is 0.338 e. The first-order chi connectivity index (χ1) is 60.5. The zero-order valence-electron chi connectivity index (χ0n) is 70.0. The molecule has 2 amide bonds. The monoisotopic (exact) mass is 2140 g/mol. The third kappa shape index (κ3) is 24.1. The number of hydrogen-bond donors (Lipinski definition) is 4. The SMILES string of the molecule is C.C.CCOC(=O)C1=C2CC(CN)CN2C(c2nccs2)=N[C@H]1c1ccc(F)cc1Br.CCOC(=O)C1=C2CC(COS(C)(=O)=O)CN2C(c2nccs2)=N[C@H]1c1ccc(F)cc1Br.CCOC(=O)C1=C2C[C@@H](CNC(C)=O)CN2C(c2nccs2)=N[C@H]1c1ccc(F)cc1Br.CCOC(=O)C1=C2C[C@H](CNC(C)=O)CN2C(c2nccs2)=N[C@H]1c1ccc(F)cc1Br.N.O. The molecular weight excluding hydrogens is 2050 g/mol. The molecule has 9 N–H and O–H groups in total. The number of esters is 4. The molecule has 0 aliphatic carbocycles. The maximum atomic E-state index is 13.8. The fourth-order valence-corrected chi connectivity index (χ4v) is 21.0. The van der Waals surface area contributed by atoms with Crippen molar-refractivity contribution in [2.75, 3.05) is 85.1 Å². The van der Waals surface area contributed by atoms with Gasteiger partial charge in [0.2, 0.25) is 11.8 Å². The number of nitrogens with one attached hydrogen (secondary N) is 2. The first-order valence-corrected chi connectivity index (χ1v) is 48.4. The van der Waals surface area contributed by atoms with Crippen LogP contribution in [0.4, 0.5) is 17.6 Å². The minimum absolute atomic E-state index is 0. The third-order valence-electron chi connectivity index (χ3n) is 21.0. The van der Waals surface area contributed by atoms with Crippen LogP contribution < -0.4 is 22.5 Å². The number of ether oxygens (including phenoxy) is 4. The van der Waals surface area contributed by atoms with Crippen LogP contribution in [0.1, 0.15) is 149 Å². The number of hydrogen-bond acceptors (Lipinski definition) is 31. The second kappa shape index (κ2) is 46.7. The third-order valence-corrected chi connectivity index (χ3v) is 27.4. The van der Waals surface area contributed by atoms with Crippen LogP contribution in [0.15, 0.2) is 202 Å². The van der Waals surface area contributed by atoms with Crippen molar-refractivity contribution >= 4 is 178 Å². The Morgan fingerprint density at radius 1 is 0.438 bits per heavy atom. The van der Waals surface area contributed by atoms with E-state index in [1.54, 1.807) is 76.7 Å². The van der Waals surface area contributed by atoms with Gasteiger partial charge in [0.25, 0.3) is 10.1 Å². The number of allylic oxidation sites excluding steroid dienone is 4. The molecule has 4 aromatic heterocycles. The van der Waals surface area contributed by atoms with Gasteiger partial charge in [0.1, 0.15) is 47.4 Å². The molecular formula is C87H98Br4F4N16O14S5. The minimum Gasteiger partial charge on any atom is -0.463 e. The molecule has 8 atom stereocenters. The summed E-state index contributed by atoms with van der Waals surface area (Å²) in [6, 6.07) is 14.6. The van der Waals surface area contributed by atoms with Gasteiger partial charge in [-0.1, -0.05) is 103 Å². The van der Waals surface area contributed by atoms with Crippen molar-refractivity contribution in [1.29, 1.82) is 0 Å². The summed E-state index contributed by atoms with van der Waals surface area (Å²) < 4.78 is 107. The van der Waals surface area contributed by atoms with Crippen LogP contribution in [0.2, 0.25) is 0 Å². The predicted octanol–water partition coefficient (Wildman–Crippen LogP) is 15.6. The summed E-state index contributed by atoms with van der Waals surface area (Å²) in [7, 11) is -3.61. The molecule has 130 heavy (non-hydrogen) atoms. The Balaban J connectivity index is 0.000000194. The normalized spacial score (nSPS) is 19.9. The molecule has 2 unspecified atom stereocenters. The average molecular weight is 2150 g/mol. The van der Waals surface area contributed by atoms with Crippen LogP contribution in [-0.2, 0) is 62.0 Å². The van der Waals surface area contributed by atoms with Crippen molar-refractivity contribution in [3.8, 4) is 0 Å². The standard InChI is InChI=1S/2C22H22BrFN4O3S.C21H21BrFN3O5S2.C20H20BrFN4O2S.2CH4.H3N.H2O/c2*1-3-31-22(30)18-17-8-13(10-26-12(2)29)11-28(17)20(21-25-6-7-32-21)27-19(18)15-5-4-14(24)9-16(15)23;1-3-30-21(27)17-16-8-12(11-31-33(2,28)29)10-26(16)19(20-24-6-7-32-20)25-18(17)14-5-4-13(23)9-15(14)22;1-2-28-20(27)16-15-7-11(9-23)10-26(15)18(19-24-5-6-29-19)25-17(16)13-4-3-12(22)8-14(13)21;;;;/h2*4-7,9,13,19H,3,8,10-11H2,1-2H3,(H,26,29);4-7,9,12,18H,3,8,10-11H2,1-2H3;3-6,8,11,17H,2,7,9-10,23H2,1H3;2*1H4;1H3;1H2/t13-,19+;13-,19-;12?,18-;11?,17-;;;;/m1000..../s1. The number of rotatable bonds is 24. The summed E-state index contributed by atoms with van der Waals surface area (Å²) in [5.41, 5.74) is 13.4. The highest BCUT2D eigenvalue weighted by atomic mass is 79.9. The molecule has 8 aliphatic rings. The van der Waals surface area contributed by atoms with Crippen molar-refractivity contribution in [1.82, 2.24) is 56.3 Å². The summed E-state index contributed by atoms with van der Waals surface area (Å²) in [4.78, 5) is 121. The number of amides is 2. The number of amidine groups is 4. The number of nitrogens with zero attached hydrogens (tertiary/aromatic N) is 12. The fraction of sp³-hybridized carbons (Fsp3) is 0.379. The number of carbonyl (C=O) groups excluding carboxylic acids is 6. The number of nitrogens with two attached hydrogens (primary N) is 1. The van der Waals surface area contributed by atoms with E-state index in [0.717, 1.165) is 38.4 Å². The highest BCUT2D eigenvalue weighted by Gasteiger charge is 2.48. The number of halogens is 8. The van der Waals surface area contributed by atoms with Gasteiger partial charge in [0.15, 0.2) is 43.4 Å². The van der Waals surface area contributed by atoms with E-state index in [9.17, 15) is 54.7 Å². The number of aliphatic imine (C=N–C) groups is 4. The first-order valence-electron chi connectivity index (χ1n) is 39.9. The first kappa shape index (κ1) is 104. The molecule has 0 spiro atoms. The molecule has 0 radical (unpaired) electrons. The smallest absolute Gasteiger partial charge is 0.338 e. The van der Waals surface area contributed by atoms with Crippen molar-refractivity contribution in [3.63, 3.8) is 0 Å². The van der Waals surface area contributed by atoms with Gasteiger partial charge < -0.3 is 66.5 Å². The average Bonchev–Trinajstić information content (AvgIpc) is 1.57. The van der Waals surface area contributed by atoms with Crippen molar-refractivity contribution < 1.29 is 83.4 Å². The van der Waals surface area contributed by atoms with Gasteiger partial charge in [0, 0.05) is 146 Å². The molecule has 12 heterocycles. The highest BCUT2D eigenvalue weighted by molar-refractivity contribution is 9.11. The van der Waals surface area contributed by atoms with Crippen LogP contribution in [-0.4, -0.2) is 198 Å². The van der Waals surface area contributed by atoms with Gasteiger partial charge in [-0.05, 0) is 148 Å². The van der Waals surface area contributed by atoms with Crippen LogP contribution in [0.5, 0.6) is 0 Å². The van der Waals surface area contributed by atoms with E-state index in [0.29, 0.717) is 168 Å². The molecule has 16 rings (SSSR count). The van der Waals surface area contributed by atoms with E-state index in [1.165, 1.54) is 108 Å². The Morgan fingerprint density at radius 3 is 0.908 bits per heavy atom. The largest absolute Gasteiger partial charge is 0.463 e. The number of fused-ring (bicyclic) bond motifs is 4. The molecule has 43 heteroatoms. The summed E-state index contributed by atoms with van der Waals surface area (Å²) in [6.45, 7) is 14.6. The van der Waals surface area contributed by atoms with Crippen LogP contribution in [0.25, 0.3) is 0 Å². The summed E-state index contributed by atoms with van der Waals surface area (Å²) in [5, 5.41) is 16.1. The Hall–Kier alpha value is -9.51. The van der Waals surface area contributed by atoms with Crippen LogP contribution >= 0.6 is 109 Å². The minimum atomic E-state index is -3.61. The lowest BCUT2D eigenvalue weighted by Crippen LogP contribution is -2.36. The Kier molecular flexibility index (Phi) is 37.5. The van der Waals surface area contributed by atoms with Crippen LogP contribution in [0, 0.1) is 46.9 Å². The Morgan fingerprint density at radius 2 is 0.685 bits per heavy atom. The summed E-state index contributed by atoms with van der Waals surface area (Å²) in [6.07, 6.45) is 10.0. The van der Waals surface area contributed by atoms with Gasteiger partial charge in [-0.15, -0.1) is 45.3 Å². The molecule has 696 valence electrons.